The summed E-state index contributed by atoms with van der Waals surface area (Å²) < 4.78 is 39.7. The smallest absolute Gasteiger partial charge is 0.406 e. The normalized spacial score (nSPS) is 11.0. The molecule has 2 aromatic rings. The van der Waals surface area contributed by atoms with Gasteiger partial charge in [0.15, 0.2) is 0 Å². The lowest BCUT2D eigenvalue weighted by atomic mass is 10.2. The van der Waals surface area contributed by atoms with Crippen molar-refractivity contribution in [2.24, 2.45) is 0 Å². The quantitative estimate of drug-likeness (QED) is 0.913. The second kappa shape index (κ2) is 5.70. The molecule has 0 fully saturated rings. The number of nitrogens with two attached hydrogens (primary N) is 1. The highest BCUT2D eigenvalue weighted by Gasteiger charge is 2.30. The largest absolute Gasteiger partial charge is 0.573 e. The van der Waals surface area contributed by atoms with Crippen LogP contribution in [0.5, 0.6) is 5.75 Å². The van der Waals surface area contributed by atoms with Gasteiger partial charge in [-0.1, -0.05) is 0 Å². The van der Waals surface area contributed by atoms with E-state index in [9.17, 15) is 18.0 Å². The summed E-state index contributed by atoms with van der Waals surface area (Å²) in [5, 5.41) is 2.51. The van der Waals surface area contributed by atoms with Gasteiger partial charge in [-0.3, -0.25) is 9.78 Å². The number of nitrogens with one attached hydrogen (secondary N) is 1. The Balaban J connectivity index is 2.07. The summed E-state index contributed by atoms with van der Waals surface area (Å²) in [6.45, 7) is 0. The Kier molecular flexibility index (Phi) is 3.97. The number of alkyl halides is 3. The van der Waals surface area contributed by atoms with E-state index in [0.717, 1.165) is 12.1 Å². The second-order valence-electron chi connectivity index (χ2n) is 3.99. The van der Waals surface area contributed by atoms with E-state index >= 15 is 0 Å². The molecule has 0 bridgehead atoms. The molecule has 1 heterocycles. The number of pyridine rings is 1. The third kappa shape index (κ3) is 4.10. The summed E-state index contributed by atoms with van der Waals surface area (Å²) >= 11 is 0. The molecule has 1 amide bonds. The average Bonchev–Trinajstić information content (AvgIpc) is 2.40. The van der Waals surface area contributed by atoms with Crippen molar-refractivity contribution in [3.63, 3.8) is 0 Å². The SMILES string of the molecule is Nc1cnccc1C(=O)Nc1ccc(OC(F)(F)F)cc1. The average molecular weight is 297 g/mol. The van der Waals surface area contributed by atoms with E-state index in [1.54, 1.807) is 0 Å². The Morgan fingerprint density at radius 2 is 1.86 bits per heavy atom. The number of rotatable bonds is 3. The Morgan fingerprint density at radius 1 is 1.19 bits per heavy atom. The van der Waals surface area contributed by atoms with Crippen molar-refractivity contribution in [2.75, 3.05) is 11.1 Å². The predicted molar refractivity (Wildman–Crippen MR) is 69.7 cm³/mol. The number of nitrogen functional groups attached to an aromatic ring is 1. The molecule has 110 valence electrons. The molecule has 0 spiro atoms. The molecule has 1 aromatic carbocycles. The number of ether oxygens (including phenoxy) is 1. The van der Waals surface area contributed by atoms with E-state index in [1.807, 2.05) is 0 Å². The first-order valence-corrected chi connectivity index (χ1v) is 5.72. The van der Waals surface area contributed by atoms with Crippen LogP contribution in [0.4, 0.5) is 24.5 Å². The maximum atomic E-state index is 12.0. The fraction of sp³-hybridized carbons (Fsp3) is 0.0769. The fourth-order valence-electron chi connectivity index (χ4n) is 1.55. The Bertz CT molecular complexity index is 642. The maximum absolute atomic E-state index is 12.0. The maximum Gasteiger partial charge on any atom is 0.573 e. The number of aromatic nitrogens is 1. The number of anilines is 2. The first-order chi connectivity index (χ1) is 9.85. The van der Waals surface area contributed by atoms with E-state index in [4.69, 9.17) is 5.73 Å². The van der Waals surface area contributed by atoms with Gasteiger partial charge >= 0.3 is 6.36 Å². The highest BCUT2D eigenvalue weighted by Crippen LogP contribution is 2.24. The molecule has 3 N–H and O–H groups in total. The zero-order valence-electron chi connectivity index (χ0n) is 10.5. The van der Waals surface area contributed by atoms with Gasteiger partial charge in [-0.15, -0.1) is 13.2 Å². The third-order valence-corrected chi connectivity index (χ3v) is 2.44. The molecular weight excluding hydrogens is 287 g/mol. The van der Waals surface area contributed by atoms with Gasteiger partial charge in [-0.25, -0.2) is 0 Å². The van der Waals surface area contributed by atoms with Crippen LogP contribution < -0.4 is 15.8 Å². The van der Waals surface area contributed by atoms with Crippen molar-refractivity contribution >= 4 is 17.3 Å². The van der Waals surface area contributed by atoms with Gasteiger partial charge in [-0.05, 0) is 30.3 Å². The monoisotopic (exact) mass is 297 g/mol. The van der Waals surface area contributed by atoms with Crippen LogP contribution in [-0.4, -0.2) is 17.3 Å². The van der Waals surface area contributed by atoms with E-state index in [1.165, 1.54) is 30.6 Å². The lowest BCUT2D eigenvalue weighted by molar-refractivity contribution is -0.274. The van der Waals surface area contributed by atoms with Gasteiger partial charge in [-0.2, -0.15) is 0 Å². The van der Waals surface area contributed by atoms with Gasteiger partial charge < -0.3 is 15.8 Å². The van der Waals surface area contributed by atoms with E-state index in [0.29, 0.717) is 5.69 Å². The Hall–Kier alpha value is -2.77. The van der Waals surface area contributed by atoms with Gasteiger partial charge in [0.25, 0.3) is 5.91 Å². The lowest BCUT2D eigenvalue weighted by Gasteiger charge is -2.10. The van der Waals surface area contributed by atoms with E-state index in [-0.39, 0.29) is 17.0 Å². The zero-order valence-corrected chi connectivity index (χ0v) is 10.5. The summed E-state index contributed by atoms with van der Waals surface area (Å²) in [5.41, 5.74) is 6.33. The van der Waals surface area contributed by atoms with Crippen molar-refractivity contribution in [3.8, 4) is 5.75 Å². The number of halogens is 3. The molecule has 8 heteroatoms. The van der Waals surface area contributed by atoms with Crippen LogP contribution >= 0.6 is 0 Å². The van der Waals surface area contributed by atoms with Crippen LogP contribution in [0.2, 0.25) is 0 Å². The number of benzene rings is 1. The summed E-state index contributed by atoms with van der Waals surface area (Å²) in [7, 11) is 0. The summed E-state index contributed by atoms with van der Waals surface area (Å²) in [5.74, 6) is -0.858. The highest BCUT2D eigenvalue weighted by molar-refractivity contribution is 6.07. The molecule has 1 aromatic heterocycles. The fourth-order valence-corrected chi connectivity index (χ4v) is 1.55. The number of hydrogen-bond acceptors (Lipinski definition) is 4. The summed E-state index contributed by atoms with van der Waals surface area (Å²) in [4.78, 5) is 15.7. The molecule has 2 rings (SSSR count). The minimum atomic E-state index is -4.75. The third-order valence-electron chi connectivity index (χ3n) is 2.44. The van der Waals surface area contributed by atoms with Gasteiger partial charge in [0.2, 0.25) is 0 Å². The minimum absolute atomic E-state index is 0.201. The van der Waals surface area contributed by atoms with Gasteiger partial charge in [0.05, 0.1) is 17.4 Å². The van der Waals surface area contributed by atoms with Crippen molar-refractivity contribution in [3.05, 3.63) is 48.3 Å². The van der Waals surface area contributed by atoms with Crippen LogP contribution in [0, 0.1) is 0 Å². The van der Waals surface area contributed by atoms with Gasteiger partial charge in [0.1, 0.15) is 5.75 Å². The number of carbonyl (C=O) groups is 1. The number of hydrogen-bond donors (Lipinski definition) is 2. The Morgan fingerprint density at radius 3 is 2.43 bits per heavy atom. The molecule has 0 aliphatic rings. The van der Waals surface area contributed by atoms with Crippen LogP contribution in [0.25, 0.3) is 0 Å². The second-order valence-corrected chi connectivity index (χ2v) is 3.99. The van der Waals surface area contributed by atoms with Crippen LogP contribution in [0.1, 0.15) is 10.4 Å². The van der Waals surface area contributed by atoms with Crippen molar-refractivity contribution in [2.45, 2.75) is 6.36 Å². The molecule has 0 atom stereocenters. The Labute approximate surface area is 117 Å². The van der Waals surface area contributed by atoms with Crippen molar-refractivity contribution < 1.29 is 22.7 Å². The van der Waals surface area contributed by atoms with E-state index in [2.05, 4.69) is 15.0 Å². The molecule has 0 radical (unpaired) electrons. The standard InChI is InChI=1S/C13H10F3N3O2/c14-13(15,16)21-9-3-1-8(2-4-9)19-12(20)10-5-6-18-7-11(10)17/h1-7H,17H2,(H,19,20). The summed E-state index contributed by atoms with van der Waals surface area (Å²) in [6, 6.07) is 6.20. The molecule has 21 heavy (non-hydrogen) atoms. The zero-order chi connectivity index (χ0) is 15.5. The molecule has 0 unspecified atom stereocenters. The highest BCUT2D eigenvalue weighted by atomic mass is 19.4. The molecule has 0 saturated heterocycles. The first-order valence-electron chi connectivity index (χ1n) is 5.72. The number of carbonyl (C=O) groups excluding carboxylic acids is 1. The topological polar surface area (TPSA) is 77.2 Å². The number of amides is 1. The molecule has 0 aliphatic carbocycles. The van der Waals surface area contributed by atoms with Crippen LogP contribution in [-0.2, 0) is 0 Å². The predicted octanol–water partition coefficient (Wildman–Crippen LogP) is 2.81. The van der Waals surface area contributed by atoms with Gasteiger partial charge in [0, 0.05) is 11.9 Å². The molecule has 0 saturated carbocycles. The number of nitrogens with zero attached hydrogens (tertiary/aromatic N) is 1. The molecular formula is C13H10F3N3O2. The lowest BCUT2D eigenvalue weighted by Crippen LogP contribution is -2.17. The molecule has 5 nitrogen and oxygen atoms in total. The summed E-state index contributed by atoms with van der Waals surface area (Å²) in [6.07, 6.45) is -2.02. The van der Waals surface area contributed by atoms with Crippen molar-refractivity contribution in [1.82, 2.24) is 4.98 Å². The molecule has 0 aliphatic heterocycles. The van der Waals surface area contributed by atoms with Crippen LogP contribution in [0.15, 0.2) is 42.7 Å². The minimum Gasteiger partial charge on any atom is -0.406 e. The van der Waals surface area contributed by atoms with Crippen molar-refractivity contribution in [1.29, 1.82) is 0 Å². The van der Waals surface area contributed by atoms with Crippen LogP contribution in [0.3, 0.4) is 0 Å². The van der Waals surface area contributed by atoms with E-state index < -0.39 is 12.3 Å². The first kappa shape index (κ1) is 14.6.